The number of rotatable bonds is 6. The van der Waals surface area contributed by atoms with Crippen molar-refractivity contribution in [3.05, 3.63) is 53.6 Å². The number of alkyl halides is 2. The minimum Gasteiger partial charge on any atom is -0.493 e. The molecule has 0 aliphatic carbocycles. The molecule has 0 N–H and O–H groups in total. The highest BCUT2D eigenvalue weighted by molar-refractivity contribution is 5.98. The van der Waals surface area contributed by atoms with Crippen molar-refractivity contribution in [2.75, 3.05) is 25.2 Å². The molecule has 1 heterocycles. The summed E-state index contributed by atoms with van der Waals surface area (Å²) in [5.41, 5.74) is 1.96. The van der Waals surface area contributed by atoms with Crippen molar-refractivity contribution in [1.82, 2.24) is 0 Å². The number of hydrogen-bond donors (Lipinski definition) is 0. The zero-order chi connectivity index (χ0) is 20.1. The third-order valence-electron chi connectivity index (χ3n) is 4.35. The smallest absolute Gasteiger partial charge is 0.387 e. The second-order valence-electron chi connectivity index (χ2n) is 6.10. The highest BCUT2D eigenvalue weighted by atomic mass is 19.3. The molecule has 148 valence electrons. The molecule has 6 nitrogen and oxygen atoms in total. The predicted octanol–water partition coefficient (Wildman–Crippen LogP) is 3.43. The van der Waals surface area contributed by atoms with Crippen molar-refractivity contribution in [2.24, 2.45) is 0 Å². The van der Waals surface area contributed by atoms with Gasteiger partial charge < -0.3 is 19.1 Å². The summed E-state index contributed by atoms with van der Waals surface area (Å²) in [4.78, 5) is 26.4. The van der Waals surface area contributed by atoms with Gasteiger partial charge in [-0.2, -0.15) is 8.78 Å². The van der Waals surface area contributed by atoms with Crippen LogP contribution in [0.1, 0.15) is 22.3 Å². The lowest BCUT2D eigenvalue weighted by molar-refractivity contribution is -0.121. The Kier molecular flexibility index (Phi) is 6.08. The van der Waals surface area contributed by atoms with Crippen LogP contribution in [0, 0.1) is 0 Å². The number of carbonyl (C=O) groups excluding carboxylic acids is 2. The Labute approximate surface area is 160 Å². The Morgan fingerprint density at radius 1 is 1.14 bits per heavy atom. The van der Waals surface area contributed by atoms with Gasteiger partial charge in [0.25, 0.3) is 5.91 Å². The molecular weight excluding hydrogens is 372 g/mol. The number of ether oxygens (including phenoxy) is 3. The van der Waals surface area contributed by atoms with Gasteiger partial charge in [-0.05, 0) is 42.7 Å². The van der Waals surface area contributed by atoms with Crippen LogP contribution < -0.4 is 14.4 Å². The normalized spacial score (nSPS) is 13.1. The fraction of sp³-hybridized carbons (Fsp3) is 0.300. The number of nitrogens with zero attached hydrogens (tertiary/aromatic N) is 1. The average Bonchev–Trinajstić information content (AvgIpc) is 2.71. The molecule has 8 heteroatoms. The number of hydrogen-bond acceptors (Lipinski definition) is 5. The fourth-order valence-corrected chi connectivity index (χ4v) is 3.07. The summed E-state index contributed by atoms with van der Waals surface area (Å²) in [5.74, 6) is -1.33. The van der Waals surface area contributed by atoms with Crippen LogP contribution in [0.25, 0.3) is 0 Å². The second kappa shape index (κ2) is 8.69. The highest BCUT2D eigenvalue weighted by Gasteiger charge is 2.23. The van der Waals surface area contributed by atoms with Gasteiger partial charge in [0.2, 0.25) is 0 Å². The van der Waals surface area contributed by atoms with Crippen LogP contribution >= 0.6 is 0 Å². The van der Waals surface area contributed by atoms with Gasteiger partial charge in [0.15, 0.2) is 18.1 Å². The number of methoxy groups -OCH3 is 1. The van der Waals surface area contributed by atoms with Crippen molar-refractivity contribution in [3.63, 3.8) is 0 Å². The van der Waals surface area contributed by atoms with E-state index in [0.717, 1.165) is 24.1 Å². The van der Waals surface area contributed by atoms with E-state index in [0.29, 0.717) is 6.54 Å². The zero-order valence-electron chi connectivity index (χ0n) is 15.2. The van der Waals surface area contributed by atoms with Gasteiger partial charge in [0.05, 0.1) is 12.7 Å². The summed E-state index contributed by atoms with van der Waals surface area (Å²) in [6.07, 6.45) is 1.73. The van der Waals surface area contributed by atoms with Crippen LogP contribution in [0.3, 0.4) is 0 Å². The molecule has 0 atom stereocenters. The molecule has 0 saturated carbocycles. The van der Waals surface area contributed by atoms with Crippen molar-refractivity contribution in [2.45, 2.75) is 19.5 Å². The second-order valence-corrected chi connectivity index (χ2v) is 6.10. The summed E-state index contributed by atoms with van der Waals surface area (Å²) in [5, 5.41) is 0. The molecule has 0 fully saturated rings. The molecule has 1 aliphatic heterocycles. The molecule has 0 radical (unpaired) electrons. The molecule has 1 amide bonds. The topological polar surface area (TPSA) is 65.1 Å². The maximum absolute atomic E-state index is 12.5. The average molecular weight is 391 g/mol. The third-order valence-corrected chi connectivity index (χ3v) is 4.35. The van der Waals surface area contributed by atoms with Gasteiger partial charge in [-0.15, -0.1) is 0 Å². The van der Waals surface area contributed by atoms with E-state index in [1.807, 2.05) is 24.3 Å². The molecule has 2 aromatic carbocycles. The first-order chi connectivity index (χ1) is 13.5. The minimum absolute atomic E-state index is 0.0361. The van der Waals surface area contributed by atoms with Gasteiger partial charge >= 0.3 is 12.6 Å². The lowest BCUT2D eigenvalue weighted by Crippen LogP contribution is -2.38. The minimum atomic E-state index is -3.02. The number of fused-ring (bicyclic) bond motifs is 1. The summed E-state index contributed by atoms with van der Waals surface area (Å²) in [6, 6.07) is 11.3. The molecule has 0 saturated heterocycles. The highest BCUT2D eigenvalue weighted by Crippen LogP contribution is 2.30. The molecule has 0 aromatic heterocycles. The maximum atomic E-state index is 12.5. The van der Waals surface area contributed by atoms with E-state index in [9.17, 15) is 18.4 Å². The van der Waals surface area contributed by atoms with Gasteiger partial charge in [-0.1, -0.05) is 18.2 Å². The van der Waals surface area contributed by atoms with E-state index in [4.69, 9.17) is 9.47 Å². The van der Waals surface area contributed by atoms with E-state index >= 15 is 0 Å². The molecular formula is C20H19F2NO5. The number of amides is 1. The lowest BCUT2D eigenvalue weighted by atomic mass is 10.0. The molecule has 3 rings (SSSR count). The summed E-state index contributed by atoms with van der Waals surface area (Å²) in [6.45, 7) is -2.89. The largest absolute Gasteiger partial charge is 0.493 e. The van der Waals surface area contributed by atoms with Crippen LogP contribution in [0.2, 0.25) is 0 Å². The lowest BCUT2D eigenvalue weighted by Gasteiger charge is -2.29. The van der Waals surface area contributed by atoms with Crippen LogP contribution in [0.15, 0.2) is 42.5 Å². The quantitative estimate of drug-likeness (QED) is 0.706. The zero-order valence-corrected chi connectivity index (χ0v) is 15.2. The van der Waals surface area contributed by atoms with E-state index in [2.05, 4.69) is 4.74 Å². The van der Waals surface area contributed by atoms with Gasteiger partial charge in [0.1, 0.15) is 0 Å². The summed E-state index contributed by atoms with van der Waals surface area (Å²) >= 11 is 0. The van der Waals surface area contributed by atoms with Crippen molar-refractivity contribution >= 4 is 17.6 Å². The van der Waals surface area contributed by atoms with Crippen LogP contribution in [0.5, 0.6) is 11.5 Å². The number of aryl methyl sites for hydroxylation is 1. The predicted molar refractivity (Wildman–Crippen MR) is 97.0 cm³/mol. The van der Waals surface area contributed by atoms with E-state index in [1.165, 1.54) is 25.3 Å². The Bertz CT molecular complexity index is 871. The van der Waals surface area contributed by atoms with Gasteiger partial charge in [0, 0.05) is 12.2 Å². The summed E-state index contributed by atoms with van der Waals surface area (Å²) < 4.78 is 39.1. The number of benzene rings is 2. The number of carbonyl (C=O) groups is 2. The number of para-hydroxylation sites is 1. The molecule has 2 aromatic rings. The van der Waals surface area contributed by atoms with Crippen molar-refractivity contribution in [3.8, 4) is 11.5 Å². The molecule has 28 heavy (non-hydrogen) atoms. The molecule has 0 spiro atoms. The van der Waals surface area contributed by atoms with Crippen LogP contribution in [-0.2, 0) is 16.0 Å². The van der Waals surface area contributed by atoms with Crippen molar-refractivity contribution < 1.29 is 32.6 Å². The van der Waals surface area contributed by atoms with E-state index in [1.54, 1.807) is 4.90 Å². The number of esters is 1. The van der Waals surface area contributed by atoms with Crippen LogP contribution in [0.4, 0.5) is 14.5 Å². The number of halogens is 2. The van der Waals surface area contributed by atoms with Gasteiger partial charge in [-0.3, -0.25) is 4.79 Å². The van der Waals surface area contributed by atoms with E-state index in [-0.39, 0.29) is 23.0 Å². The monoisotopic (exact) mass is 391 g/mol. The van der Waals surface area contributed by atoms with Gasteiger partial charge in [-0.25, -0.2) is 4.79 Å². The third kappa shape index (κ3) is 4.39. The standard InChI is InChI=1S/C20H19F2NO5/c1-26-17-11-14(8-9-16(17)28-20(21)22)19(25)27-12-18(24)23-10-4-6-13-5-2-3-7-15(13)23/h2-3,5,7-9,11,20H,4,6,10,12H2,1H3. The summed E-state index contributed by atoms with van der Waals surface area (Å²) in [7, 11) is 1.26. The Morgan fingerprint density at radius 2 is 1.93 bits per heavy atom. The maximum Gasteiger partial charge on any atom is 0.387 e. The SMILES string of the molecule is COc1cc(C(=O)OCC(=O)N2CCCc3ccccc32)ccc1OC(F)F. The Balaban J connectivity index is 1.65. The van der Waals surface area contributed by atoms with Crippen molar-refractivity contribution in [1.29, 1.82) is 0 Å². The first-order valence-corrected chi connectivity index (χ1v) is 8.68. The Hall–Kier alpha value is -3.16. The fourth-order valence-electron chi connectivity index (χ4n) is 3.07. The molecule has 1 aliphatic rings. The molecule has 0 bridgehead atoms. The first kappa shape index (κ1) is 19.6. The van der Waals surface area contributed by atoms with E-state index < -0.39 is 19.2 Å². The number of anilines is 1. The molecule has 0 unspecified atom stereocenters. The van der Waals surface area contributed by atoms with Crippen LogP contribution in [-0.4, -0.2) is 38.7 Å². The Morgan fingerprint density at radius 3 is 2.68 bits per heavy atom. The first-order valence-electron chi connectivity index (χ1n) is 8.68.